The highest BCUT2D eigenvalue weighted by Gasteiger charge is 2.29. The second kappa shape index (κ2) is 13.9. The molecule has 4 aromatic rings. The first-order valence-electron chi connectivity index (χ1n) is 14.7. The van der Waals surface area contributed by atoms with Gasteiger partial charge in [-0.3, -0.25) is 14.6 Å². The van der Waals surface area contributed by atoms with Crippen molar-refractivity contribution in [3.63, 3.8) is 0 Å². The van der Waals surface area contributed by atoms with Crippen LogP contribution < -0.4 is 36.5 Å². The molecule has 6 N–H and O–H groups in total. The number of halogens is 1. The number of ether oxygens (including phenoxy) is 2. The summed E-state index contributed by atoms with van der Waals surface area (Å²) in [6, 6.07) is 8.70. The molecular weight excluding hydrogens is 602 g/mol. The summed E-state index contributed by atoms with van der Waals surface area (Å²) in [5, 5.41) is 17.5. The first-order chi connectivity index (χ1) is 21.6. The van der Waals surface area contributed by atoms with E-state index in [1.165, 1.54) is 6.07 Å². The molecule has 1 fully saturated rings. The summed E-state index contributed by atoms with van der Waals surface area (Å²) in [6.07, 6.45) is 1.85. The van der Waals surface area contributed by atoms with Crippen LogP contribution in [0, 0.1) is 12.8 Å². The molecule has 2 amide bonds. The number of carbonyl (C=O) groups is 2. The largest absolute Gasteiger partial charge is 0.871 e. The predicted octanol–water partition coefficient (Wildman–Crippen LogP) is 1.39. The van der Waals surface area contributed by atoms with Gasteiger partial charge in [-0.15, -0.1) is 0 Å². The molecule has 0 unspecified atom stereocenters. The number of hydrogen-bond donors (Lipinski definition) is 4. The molecule has 0 bridgehead atoms. The standard InChI is InChI=1S/C30H36ClN9O5/c1-3-39-22-12-19(45-16-24(42)34-13-20-23(41)7-4-17(2)36-20)5-6-21(22)40(15-18-8-10-44-11-9-18)25(39)14-35-30(43)26-28(32)38-29(33)27(31)37-26/h4-7,12,18H,3,8-11,13-16H2,1-2H3,(H6-,32,33,34,35,38,41,42,43). The molecule has 238 valence electrons. The number of pyridine rings is 1. The van der Waals surface area contributed by atoms with E-state index in [4.69, 9.17) is 32.5 Å². The maximum Gasteiger partial charge on any atom is 0.277 e. The number of amides is 2. The minimum atomic E-state index is -0.535. The number of benzene rings is 1. The number of aromatic nitrogens is 5. The Hall–Kier alpha value is -4.69. The van der Waals surface area contributed by atoms with Crippen molar-refractivity contribution < 1.29 is 28.7 Å². The van der Waals surface area contributed by atoms with Gasteiger partial charge in [-0.05, 0) is 44.9 Å². The zero-order valence-corrected chi connectivity index (χ0v) is 25.9. The van der Waals surface area contributed by atoms with Gasteiger partial charge in [0, 0.05) is 30.9 Å². The minimum absolute atomic E-state index is 0.0154. The third kappa shape index (κ3) is 7.35. The topological polar surface area (TPSA) is 199 Å². The number of rotatable bonds is 11. The average Bonchev–Trinajstić information content (AvgIpc) is 3.32. The van der Waals surface area contributed by atoms with Crippen LogP contribution in [-0.2, 0) is 35.7 Å². The van der Waals surface area contributed by atoms with Gasteiger partial charge in [0.2, 0.25) is 0 Å². The lowest BCUT2D eigenvalue weighted by atomic mass is 10.0. The van der Waals surface area contributed by atoms with Crippen molar-refractivity contribution in [2.45, 2.75) is 52.9 Å². The highest BCUT2D eigenvalue weighted by Crippen LogP contribution is 2.24. The zero-order valence-electron chi connectivity index (χ0n) is 25.1. The summed E-state index contributed by atoms with van der Waals surface area (Å²) in [5.74, 6) is 0.424. The Balaban J connectivity index is 1.36. The molecule has 0 spiro atoms. The van der Waals surface area contributed by atoms with Gasteiger partial charge in [-0.25, -0.2) is 19.1 Å². The van der Waals surface area contributed by atoms with Gasteiger partial charge in [-0.1, -0.05) is 23.4 Å². The number of hydrogen-bond acceptors (Lipinski definition) is 10. The SMILES string of the molecule is CCn1c(CNC(=O)c2nc(Cl)c(N)nc2N)[n+](CC2CCOCC2)c2ccc(OCC(=O)NCc3nc(C)ccc3[O-])cc21. The van der Waals surface area contributed by atoms with Crippen molar-refractivity contribution in [2.75, 3.05) is 31.3 Å². The summed E-state index contributed by atoms with van der Waals surface area (Å²) in [4.78, 5) is 37.7. The van der Waals surface area contributed by atoms with Gasteiger partial charge in [0.05, 0.1) is 25.3 Å². The van der Waals surface area contributed by atoms with Crippen molar-refractivity contribution >= 4 is 46.1 Å². The maximum atomic E-state index is 13.1. The van der Waals surface area contributed by atoms with E-state index in [0.717, 1.165) is 36.2 Å². The number of aryl methyl sites for hydroxylation is 2. The Labute approximate surface area is 264 Å². The maximum absolute atomic E-state index is 13.1. The van der Waals surface area contributed by atoms with Crippen molar-refractivity contribution in [3.8, 4) is 11.5 Å². The molecule has 15 heteroatoms. The first-order valence-corrected chi connectivity index (χ1v) is 15.0. The van der Waals surface area contributed by atoms with E-state index in [-0.39, 0.29) is 59.5 Å². The van der Waals surface area contributed by atoms with Crippen LogP contribution in [0.25, 0.3) is 11.0 Å². The number of nitrogens with two attached hydrogens (primary N) is 2. The van der Waals surface area contributed by atoms with Crippen molar-refractivity contribution in [2.24, 2.45) is 5.92 Å². The quantitative estimate of drug-likeness (QED) is 0.174. The molecule has 3 aromatic heterocycles. The number of imidazole rings is 1. The van der Waals surface area contributed by atoms with Gasteiger partial charge in [0.15, 0.2) is 40.1 Å². The molecule has 0 atom stereocenters. The highest BCUT2D eigenvalue weighted by molar-refractivity contribution is 6.31. The summed E-state index contributed by atoms with van der Waals surface area (Å²) in [6.45, 7) is 6.47. The fraction of sp³-hybridized carbons (Fsp3) is 0.400. The fourth-order valence-electron chi connectivity index (χ4n) is 5.35. The van der Waals surface area contributed by atoms with E-state index in [0.29, 0.717) is 37.1 Å². The van der Waals surface area contributed by atoms with Crippen LogP contribution >= 0.6 is 11.6 Å². The summed E-state index contributed by atoms with van der Waals surface area (Å²) in [7, 11) is 0. The number of nitrogen functional groups attached to an aromatic ring is 2. The van der Waals surface area contributed by atoms with Crippen LogP contribution in [0.1, 0.15) is 47.5 Å². The minimum Gasteiger partial charge on any atom is -0.871 e. The molecule has 0 saturated carbocycles. The summed E-state index contributed by atoms with van der Waals surface area (Å²) in [5.41, 5.74) is 14.3. The van der Waals surface area contributed by atoms with E-state index in [2.05, 4.69) is 34.7 Å². The van der Waals surface area contributed by atoms with E-state index in [1.807, 2.05) is 25.1 Å². The zero-order chi connectivity index (χ0) is 32.1. The second-order valence-corrected chi connectivity index (χ2v) is 11.1. The lowest BCUT2D eigenvalue weighted by molar-refractivity contribution is -0.687. The normalized spacial score (nSPS) is 13.6. The van der Waals surface area contributed by atoms with Crippen LogP contribution in [0.4, 0.5) is 11.6 Å². The van der Waals surface area contributed by atoms with Crippen LogP contribution in [0.3, 0.4) is 0 Å². The molecule has 0 radical (unpaired) electrons. The monoisotopic (exact) mass is 637 g/mol. The van der Waals surface area contributed by atoms with E-state index < -0.39 is 5.91 Å². The van der Waals surface area contributed by atoms with E-state index in [9.17, 15) is 14.7 Å². The molecular formula is C30H36ClN9O5. The summed E-state index contributed by atoms with van der Waals surface area (Å²) >= 11 is 5.99. The van der Waals surface area contributed by atoms with Crippen LogP contribution in [-0.4, -0.2) is 51.2 Å². The predicted molar refractivity (Wildman–Crippen MR) is 164 cm³/mol. The molecule has 14 nitrogen and oxygen atoms in total. The number of nitrogens with zero attached hydrogens (tertiary/aromatic N) is 5. The van der Waals surface area contributed by atoms with E-state index >= 15 is 0 Å². The second-order valence-electron chi connectivity index (χ2n) is 10.8. The third-order valence-electron chi connectivity index (χ3n) is 7.67. The fourth-order valence-corrected chi connectivity index (χ4v) is 5.48. The molecule has 1 saturated heterocycles. The average molecular weight is 638 g/mol. The van der Waals surface area contributed by atoms with Crippen LogP contribution in [0.5, 0.6) is 11.5 Å². The van der Waals surface area contributed by atoms with Gasteiger partial charge >= 0.3 is 0 Å². The molecule has 1 aliphatic rings. The Bertz CT molecular complexity index is 1720. The molecule has 5 rings (SSSR count). The number of anilines is 2. The first kappa shape index (κ1) is 31.7. The highest BCUT2D eigenvalue weighted by atomic mass is 35.5. The smallest absolute Gasteiger partial charge is 0.277 e. The molecule has 45 heavy (non-hydrogen) atoms. The summed E-state index contributed by atoms with van der Waals surface area (Å²) < 4.78 is 15.7. The number of fused-ring (bicyclic) bond motifs is 1. The van der Waals surface area contributed by atoms with Crippen LogP contribution in [0.15, 0.2) is 30.3 Å². The van der Waals surface area contributed by atoms with Gasteiger partial charge in [0.25, 0.3) is 17.6 Å². The van der Waals surface area contributed by atoms with Gasteiger partial charge in [-0.2, -0.15) is 0 Å². The molecule has 1 aromatic carbocycles. The third-order valence-corrected chi connectivity index (χ3v) is 7.95. The van der Waals surface area contributed by atoms with Crippen molar-refractivity contribution in [1.82, 2.24) is 30.2 Å². The van der Waals surface area contributed by atoms with Crippen LogP contribution in [0.2, 0.25) is 5.15 Å². The lowest BCUT2D eigenvalue weighted by Crippen LogP contribution is -2.44. The Morgan fingerprint density at radius 1 is 1.11 bits per heavy atom. The Morgan fingerprint density at radius 3 is 2.64 bits per heavy atom. The Morgan fingerprint density at radius 2 is 1.89 bits per heavy atom. The van der Waals surface area contributed by atoms with Crippen molar-refractivity contribution in [3.05, 3.63) is 58.4 Å². The van der Waals surface area contributed by atoms with Crippen molar-refractivity contribution in [1.29, 1.82) is 0 Å². The molecule has 1 aliphatic heterocycles. The number of carbonyl (C=O) groups excluding carboxylic acids is 2. The van der Waals surface area contributed by atoms with Gasteiger partial charge in [0.1, 0.15) is 12.3 Å². The van der Waals surface area contributed by atoms with E-state index in [1.54, 1.807) is 13.0 Å². The lowest BCUT2D eigenvalue weighted by Gasteiger charge is -2.21. The molecule has 0 aliphatic carbocycles. The number of nitrogens with one attached hydrogen (secondary N) is 2. The molecule has 4 heterocycles. The van der Waals surface area contributed by atoms with Gasteiger partial charge < -0.3 is 36.7 Å². The Kier molecular flexibility index (Phi) is 9.83.